The molecule has 3 rings (SSSR count). The Labute approximate surface area is 118 Å². The number of piperidine rings is 1. The van der Waals surface area contributed by atoms with E-state index >= 15 is 0 Å². The fourth-order valence-electron chi connectivity index (χ4n) is 5.26. The van der Waals surface area contributed by atoms with Gasteiger partial charge in [-0.1, -0.05) is 19.8 Å². The van der Waals surface area contributed by atoms with Gasteiger partial charge in [0.15, 0.2) is 0 Å². The van der Waals surface area contributed by atoms with Crippen molar-refractivity contribution in [2.75, 3.05) is 20.1 Å². The molecule has 0 aromatic carbocycles. The van der Waals surface area contributed by atoms with Gasteiger partial charge in [-0.2, -0.15) is 0 Å². The van der Waals surface area contributed by atoms with Gasteiger partial charge in [0.2, 0.25) is 0 Å². The van der Waals surface area contributed by atoms with Crippen LogP contribution in [0.5, 0.6) is 0 Å². The standard InChI is InChI=1S/C16H31N3/c1-3-19(13-6-4-5-7-13)16(12-17)10-14-8-9-15(11-16)18(14)2/h13-15H,3-12,17H2,1-2H3. The zero-order valence-corrected chi connectivity index (χ0v) is 12.8. The molecule has 3 heteroatoms. The zero-order chi connectivity index (χ0) is 13.5. The molecule has 0 aromatic rings. The highest BCUT2D eigenvalue weighted by Crippen LogP contribution is 2.44. The summed E-state index contributed by atoms with van der Waals surface area (Å²) < 4.78 is 0. The number of fused-ring (bicyclic) bond motifs is 2. The van der Waals surface area contributed by atoms with Crippen molar-refractivity contribution in [3.63, 3.8) is 0 Å². The van der Waals surface area contributed by atoms with Crippen LogP contribution in [0.2, 0.25) is 0 Å². The van der Waals surface area contributed by atoms with Gasteiger partial charge in [0, 0.05) is 30.2 Å². The minimum atomic E-state index is 0.308. The maximum atomic E-state index is 6.32. The Balaban J connectivity index is 1.81. The van der Waals surface area contributed by atoms with Crippen LogP contribution in [0.25, 0.3) is 0 Å². The van der Waals surface area contributed by atoms with Crippen LogP contribution < -0.4 is 5.73 Å². The molecule has 1 saturated carbocycles. The molecule has 0 radical (unpaired) electrons. The highest BCUT2D eigenvalue weighted by Gasteiger charge is 2.50. The Kier molecular flexibility index (Phi) is 3.89. The predicted molar refractivity (Wildman–Crippen MR) is 80.2 cm³/mol. The summed E-state index contributed by atoms with van der Waals surface area (Å²) in [5.41, 5.74) is 6.63. The van der Waals surface area contributed by atoms with E-state index in [4.69, 9.17) is 5.73 Å². The second kappa shape index (κ2) is 5.34. The largest absolute Gasteiger partial charge is 0.329 e. The molecule has 0 aromatic heterocycles. The van der Waals surface area contributed by atoms with Crippen molar-refractivity contribution >= 4 is 0 Å². The van der Waals surface area contributed by atoms with Crippen molar-refractivity contribution in [1.82, 2.24) is 9.80 Å². The molecule has 2 heterocycles. The fourth-order valence-corrected chi connectivity index (χ4v) is 5.26. The second-order valence-electron chi connectivity index (χ2n) is 7.11. The number of nitrogens with zero attached hydrogens (tertiary/aromatic N) is 2. The Morgan fingerprint density at radius 2 is 1.68 bits per heavy atom. The molecule has 2 saturated heterocycles. The van der Waals surface area contributed by atoms with E-state index in [0.29, 0.717) is 5.54 Å². The third-order valence-corrected chi connectivity index (χ3v) is 6.31. The number of hydrogen-bond donors (Lipinski definition) is 1. The zero-order valence-electron chi connectivity index (χ0n) is 12.8. The van der Waals surface area contributed by atoms with Gasteiger partial charge in [-0.25, -0.2) is 0 Å². The average Bonchev–Trinajstić information content (AvgIpc) is 2.99. The van der Waals surface area contributed by atoms with Crippen LogP contribution in [-0.4, -0.2) is 53.6 Å². The van der Waals surface area contributed by atoms with E-state index in [0.717, 1.165) is 24.7 Å². The van der Waals surface area contributed by atoms with E-state index < -0.39 is 0 Å². The monoisotopic (exact) mass is 265 g/mol. The number of nitrogens with two attached hydrogens (primary N) is 1. The van der Waals surface area contributed by atoms with Gasteiger partial charge >= 0.3 is 0 Å². The summed E-state index contributed by atoms with van der Waals surface area (Å²) in [5, 5.41) is 0. The molecule has 3 nitrogen and oxygen atoms in total. The van der Waals surface area contributed by atoms with Crippen molar-refractivity contribution in [1.29, 1.82) is 0 Å². The van der Waals surface area contributed by atoms with E-state index in [-0.39, 0.29) is 0 Å². The molecule has 0 amide bonds. The molecule has 2 unspecified atom stereocenters. The Morgan fingerprint density at radius 1 is 1.11 bits per heavy atom. The van der Waals surface area contributed by atoms with Crippen LogP contribution in [0, 0.1) is 0 Å². The summed E-state index contributed by atoms with van der Waals surface area (Å²) in [6, 6.07) is 2.40. The maximum Gasteiger partial charge on any atom is 0.0364 e. The topological polar surface area (TPSA) is 32.5 Å². The van der Waals surface area contributed by atoms with Crippen LogP contribution in [0.1, 0.15) is 58.3 Å². The van der Waals surface area contributed by atoms with E-state index in [9.17, 15) is 0 Å². The van der Waals surface area contributed by atoms with Gasteiger partial charge in [0.25, 0.3) is 0 Å². The van der Waals surface area contributed by atoms with Crippen LogP contribution >= 0.6 is 0 Å². The van der Waals surface area contributed by atoms with Crippen molar-refractivity contribution in [2.45, 2.75) is 82.0 Å². The summed E-state index contributed by atoms with van der Waals surface area (Å²) in [4.78, 5) is 5.45. The molecule has 3 fully saturated rings. The lowest BCUT2D eigenvalue weighted by molar-refractivity contribution is -0.0200. The molecule has 1 aliphatic carbocycles. The van der Waals surface area contributed by atoms with Crippen LogP contribution in [0.4, 0.5) is 0 Å². The van der Waals surface area contributed by atoms with Crippen LogP contribution in [0.3, 0.4) is 0 Å². The average molecular weight is 265 g/mol. The van der Waals surface area contributed by atoms with E-state index in [1.54, 1.807) is 0 Å². The van der Waals surface area contributed by atoms with Gasteiger partial charge in [-0.3, -0.25) is 4.90 Å². The first-order chi connectivity index (χ1) is 9.20. The van der Waals surface area contributed by atoms with Gasteiger partial charge in [0.05, 0.1) is 0 Å². The normalized spacial score (nSPS) is 40.4. The highest BCUT2D eigenvalue weighted by atomic mass is 15.3. The van der Waals surface area contributed by atoms with Gasteiger partial charge in [-0.05, 0) is 52.1 Å². The molecule has 2 N–H and O–H groups in total. The minimum Gasteiger partial charge on any atom is -0.329 e. The number of likely N-dealkylation sites (N-methyl/N-ethyl adjacent to an activating group) is 1. The van der Waals surface area contributed by atoms with Crippen LogP contribution in [0.15, 0.2) is 0 Å². The molecule has 2 atom stereocenters. The number of rotatable bonds is 4. The highest BCUT2D eigenvalue weighted by molar-refractivity contribution is 5.07. The molecule has 0 spiro atoms. The molecule has 2 bridgehead atoms. The van der Waals surface area contributed by atoms with Gasteiger partial charge in [-0.15, -0.1) is 0 Å². The smallest absolute Gasteiger partial charge is 0.0364 e. The lowest BCUT2D eigenvalue weighted by Crippen LogP contribution is -2.63. The molecule has 2 aliphatic heterocycles. The Morgan fingerprint density at radius 3 is 2.16 bits per heavy atom. The Hall–Kier alpha value is -0.120. The summed E-state index contributed by atoms with van der Waals surface area (Å²) >= 11 is 0. The number of hydrogen-bond acceptors (Lipinski definition) is 3. The fraction of sp³-hybridized carbons (Fsp3) is 1.00. The molecule has 110 valence electrons. The SMILES string of the molecule is CCN(C1CCCC1)C1(CN)CC2CCC(C1)N2C. The van der Waals surface area contributed by atoms with E-state index in [2.05, 4.69) is 23.8 Å². The molecular weight excluding hydrogens is 234 g/mol. The third kappa shape index (κ3) is 2.24. The van der Waals surface area contributed by atoms with Gasteiger partial charge < -0.3 is 10.6 Å². The predicted octanol–water partition coefficient (Wildman–Crippen LogP) is 2.21. The van der Waals surface area contributed by atoms with E-state index in [1.807, 2.05) is 0 Å². The second-order valence-corrected chi connectivity index (χ2v) is 7.11. The van der Waals surface area contributed by atoms with Crippen molar-refractivity contribution < 1.29 is 0 Å². The van der Waals surface area contributed by atoms with E-state index in [1.165, 1.54) is 57.9 Å². The molecule has 19 heavy (non-hydrogen) atoms. The molecular formula is C16H31N3. The minimum absolute atomic E-state index is 0.308. The Bertz CT molecular complexity index is 297. The third-order valence-electron chi connectivity index (χ3n) is 6.31. The van der Waals surface area contributed by atoms with Crippen molar-refractivity contribution in [3.05, 3.63) is 0 Å². The first kappa shape index (κ1) is 13.8. The van der Waals surface area contributed by atoms with Gasteiger partial charge in [0.1, 0.15) is 0 Å². The van der Waals surface area contributed by atoms with Crippen molar-refractivity contribution in [2.24, 2.45) is 5.73 Å². The summed E-state index contributed by atoms with van der Waals surface area (Å²) in [7, 11) is 2.33. The first-order valence-electron chi connectivity index (χ1n) is 8.39. The summed E-state index contributed by atoms with van der Waals surface area (Å²) in [6.07, 6.45) is 11.1. The summed E-state index contributed by atoms with van der Waals surface area (Å²) in [5.74, 6) is 0. The quantitative estimate of drug-likeness (QED) is 0.846. The van der Waals surface area contributed by atoms with Crippen LogP contribution in [-0.2, 0) is 0 Å². The summed E-state index contributed by atoms with van der Waals surface area (Å²) in [6.45, 7) is 4.39. The van der Waals surface area contributed by atoms with Crippen molar-refractivity contribution in [3.8, 4) is 0 Å². The first-order valence-corrected chi connectivity index (χ1v) is 8.39. The lowest BCUT2D eigenvalue weighted by atomic mass is 9.80. The maximum absolute atomic E-state index is 6.32. The molecule has 3 aliphatic rings. The lowest BCUT2D eigenvalue weighted by Gasteiger charge is -2.53.